The fraction of sp³-hybridized carbons (Fsp3) is 0.412. The highest BCUT2D eigenvalue weighted by atomic mass is 16.3. The van der Waals surface area contributed by atoms with Gasteiger partial charge in [-0.1, -0.05) is 24.3 Å². The van der Waals surface area contributed by atoms with Crippen molar-refractivity contribution in [2.45, 2.75) is 18.6 Å². The first-order chi connectivity index (χ1) is 10.8. The summed E-state index contributed by atoms with van der Waals surface area (Å²) in [5.74, 6) is 0.159. The third-order valence-corrected chi connectivity index (χ3v) is 4.94. The molecule has 0 saturated carbocycles. The summed E-state index contributed by atoms with van der Waals surface area (Å²) in [6.07, 6.45) is 4.23. The van der Waals surface area contributed by atoms with Gasteiger partial charge in [-0.2, -0.15) is 5.26 Å². The molecule has 4 rings (SSSR count). The second-order valence-electron chi connectivity index (χ2n) is 6.13. The summed E-state index contributed by atoms with van der Waals surface area (Å²) in [4.78, 5) is 6.31. The van der Waals surface area contributed by atoms with Crippen LogP contribution < -0.4 is 0 Å². The van der Waals surface area contributed by atoms with Crippen LogP contribution in [-0.4, -0.2) is 45.3 Å². The Bertz CT molecular complexity index is 732. The lowest BCUT2D eigenvalue weighted by atomic mass is 9.83. The van der Waals surface area contributed by atoms with Crippen LogP contribution in [0.2, 0.25) is 0 Å². The molecule has 0 unspecified atom stereocenters. The van der Waals surface area contributed by atoms with Gasteiger partial charge >= 0.3 is 0 Å². The van der Waals surface area contributed by atoms with Gasteiger partial charge in [0.2, 0.25) is 0 Å². The summed E-state index contributed by atoms with van der Waals surface area (Å²) in [6.45, 7) is 1.82. The van der Waals surface area contributed by atoms with Crippen molar-refractivity contribution in [1.29, 1.82) is 5.26 Å². The van der Waals surface area contributed by atoms with Gasteiger partial charge < -0.3 is 9.67 Å². The summed E-state index contributed by atoms with van der Waals surface area (Å²) in [7, 11) is 0. The van der Waals surface area contributed by atoms with E-state index in [4.69, 9.17) is 5.26 Å². The summed E-state index contributed by atoms with van der Waals surface area (Å²) < 4.78 is 2.19. The van der Waals surface area contributed by atoms with E-state index in [2.05, 4.69) is 33.8 Å². The van der Waals surface area contributed by atoms with Gasteiger partial charge in [-0.3, -0.25) is 4.90 Å². The molecule has 3 heterocycles. The molecule has 5 heteroatoms. The molecule has 1 N–H and O–H groups in total. The molecule has 112 valence electrons. The maximum Gasteiger partial charge on any atom is 0.0956 e. The van der Waals surface area contributed by atoms with E-state index in [9.17, 15) is 5.11 Å². The van der Waals surface area contributed by atoms with E-state index in [1.165, 1.54) is 11.1 Å². The lowest BCUT2D eigenvalue weighted by molar-refractivity contribution is 0.0119. The van der Waals surface area contributed by atoms with Crippen molar-refractivity contribution in [3.05, 3.63) is 42.4 Å². The first-order valence-electron chi connectivity index (χ1n) is 7.68. The van der Waals surface area contributed by atoms with Crippen molar-refractivity contribution in [2.75, 3.05) is 19.6 Å². The van der Waals surface area contributed by atoms with E-state index < -0.39 is 6.10 Å². The molecule has 2 aliphatic rings. The number of fused-ring (bicyclic) bond motifs is 3. The van der Waals surface area contributed by atoms with Gasteiger partial charge in [0.05, 0.1) is 43.0 Å². The maximum atomic E-state index is 10.6. The Morgan fingerprint density at radius 1 is 1.36 bits per heavy atom. The number of rotatable bonds is 2. The van der Waals surface area contributed by atoms with Gasteiger partial charge in [0.1, 0.15) is 0 Å². The van der Waals surface area contributed by atoms with Crippen LogP contribution in [0, 0.1) is 17.2 Å². The number of hydrogen-bond donors (Lipinski definition) is 1. The van der Waals surface area contributed by atoms with E-state index in [-0.39, 0.29) is 12.0 Å². The van der Waals surface area contributed by atoms with Gasteiger partial charge in [0.25, 0.3) is 0 Å². The molecule has 1 saturated heterocycles. The normalized spacial score (nSPS) is 27.2. The lowest BCUT2D eigenvalue weighted by Gasteiger charge is -2.38. The minimum absolute atomic E-state index is 0.146. The van der Waals surface area contributed by atoms with Crippen LogP contribution in [0.15, 0.2) is 36.8 Å². The molecular formula is C17H18N4O. The van der Waals surface area contributed by atoms with Gasteiger partial charge in [-0.15, -0.1) is 0 Å². The Hall–Kier alpha value is -2.16. The Balaban J connectivity index is 1.68. The smallest absolute Gasteiger partial charge is 0.0956 e. The van der Waals surface area contributed by atoms with Crippen LogP contribution in [0.1, 0.15) is 18.0 Å². The monoisotopic (exact) mass is 294 g/mol. The van der Waals surface area contributed by atoms with Crippen LogP contribution in [0.25, 0.3) is 11.3 Å². The number of benzene rings is 1. The highest BCUT2D eigenvalue weighted by Gasteiger charge is 2.40. The standard InChI is InChI=1S/C17H18N4O/c18-6-8-20-7-5-14(16(22)10-20)17-13-4-2-1-3-12(13)15-9-19-11-21(15)17/h1-4,9,11,14,16-17,22H,5,7-8,10H2/t14-,16-,17+/m0/s1. The zero-order chi connectivity index (χ0) is 15.1. The number of nitriles is 1. The van der Waals surface area contributed by atoms with Crippen molar-refractivity contribution in [2.24, 2.45) is 5.92 Å². The lowest BCUT2D eigenvalue weighted by Crippen LogP contribution is -2.46. The molecule has 1 fully saturated rings. The van der Waals surface area contributed by atoms with Crippen molar-refractivity contribution in [3.63, 3.8) is 0 Å². The van der Waals surface area contributed by atoms with Crippen LogP contribution in [0.5, 0.6) is 0 Å². The third-order valence-electron chi connectivity index (χ3n) is 4.94. The molecule has 5 nitrogen and oxygen atoms in total. The summed E-state index contributed by atoms with van der Waals surface area (Å²) in [6, 6.07) is 10.7. The number of aliphatic hydroxyl groups excluding tert-OH is 1. The topological polar surface area (TPSA) is 65.1 Å². The largest absolute Gasteiger partial charge is 0.391 e. The molecular weight excluding hydrogens is 276 g/mol. The van der Waals surface area contributed by atoms with Crippen molar-refractivity contribution in [3.8, 4) is 17.3 Å². The highest BCUT2D eigenvalue weighted by Crippen LogP contribution is 2.45. The van der Waals surface area contributed by atoms with Crippen LogP contribution >= 0.6 is 0 Å². The van der Waals surface area contributed by atoms with Gasteiger partial charge in [-0.05, 0) is 18.5 Å². The first kappa shape index (κ1) is 13.5. The van der Waals surface area contributed by atoms with Crippen LogP contribution in [0.3, 0.4) is 0 Å². The average Bonchev–Trinajstić information content (AvgIpc) is 3.09. The Labute approximate surface area is 129 Å². The van der Waals surface area contributed by atoms with Crippen LogP contribution in [-0.2, 0) is 0 Å². The SMILES string of the molecule is N#CCN1CC[C@H]([C@H]2c3ccccc3-c3cncn32)[C@@H](O)C1. The molecule has 0 spiro atoms. The van der Waals surface area contributed by atoms with E-state index in [1.807, 2.05) is 23.5 Å². The second-order valence-corrected chi connectivity index (χ2v) is 6.13. The number of piperidine rings is 1. The number of nitrogens with zero attached hydrogens (tertiary/aromatic N) is 4. The summed E-state index contributed by atoms with van der Waals surface area (Å²) in [5, 5.41) is 19.5. The molecule has 0 aliphatic carbocycles. The molecule has 1 aromatic heterocycles. The number of likely N-dealkylation sites (tertiary alicyclic amines) is 1. The average molecular weight is 294 g/mol. The number of aliphatic hydroxyl groups is 1. The van der Waals surface area contributed by atoms with E-state index in [1.54, 1.807) is 0 Å². The third kappa shape index (κ3) is 1.96. The van der Waals surface area contributed by atoms with Crippen molar-refractivity contribution >= 4 is 0 Å². The molecule has 0 bridgehead atoms. The maximum absolute atomic E-state index is 10.6. The number of aromatic nitrogens is 2. The highest BCUT2D eigenvalue weighted by molar-refractivity contribution is 5.69. The second kappa shape index (κ2) is 5.24. The zero-order valence-corrected chi connectivity index (χ0v) is 12.3. The Morgan fingerprint density at radius 3 is 3.05 bits per heavy atom. The predicted molar refractivity (Wildman–Crippen MR) is 82.0 cm³/mol. The molecule has 0 radical (unpaired) electrons. The molecule has 2 aromatic rings. The molecule has 0 amide bonds. The summed E-state index contributed by atoms with van der Waals surface area (Å²) >= 11 is 0. The molecule has 3 atom stereocenters. The first-order valence-corrected chi connectivity index (χ1v) is 7.68. The fourth-order valence-corrected chi connectivity index (χ4v) is 3.94. The Morgan fingerprint density at radius 2 is 2.23 bits per heavy atom. The molecule has 2 aliphatic heterocycles. The van der Waals surface area contributed by atoms with Gasteiger partial charge in [-0.25, -0.2) is 4.98 Å². The fourth-order valence-electron chi connectivity index (χ4n) is 3.94. The van der Waals surface area contributed by atoms with Crippen molar-refractivity contribution in [1.82, 2.24) is 14.5 Å². The van der Waals surface area contributed by atoms with E-state index in [0.29, 0.717) is 13.1 Å². The van der Waals surface area contributed by atoms with E-state index in [0.717, 1.165) is 18.7 Å². The Kier molecular flexibility index (Phi) is 3.21. The van der Waals surface area contributed by atoms with Crippen LogP contribution in [0.4, 0.5) is 0 Å². The molecule has 1 aromatic carbocycles. The van der Waals surface area contributed by atoms with Crippen molar-refractivity contribution < 1.29 is 5.11 Å². The minimum atomic E-state index is -0.423. The molecule has 22 heavy (non-hydrogen) atoms. The quantitative estimate of drug-likeness (QED) is 0.856. The zero-order valence-electron chi connectivity index (χ0n) is 12.3. The predicted octanol–water partition coefficient (Wildman–Crippen LogP) is 1.66. The minimum Gasteiger partial charge on any atom is -0.391 e. The summed E-state index contributed by atoms with van der Waals surface area (Å²) in [5.41, 5.74) is 3.63. The number of hydrogen-bond acceptors (Lipinski definition) is 4. The van der Waals surface area contributed by atoms with E-state index >= 15 is 0 Å². The number of β-amino-alcohol motifs (C(OH)–C–C–N with tert-alkyl or cyclic N) is 1. The number of imidazole rings is 1. The van der Waals surface area contributed by atoms with Gasteiger partial charge in [0, 0.05) is 18.0 Å². The van der Waals surface area contributed by atoms with Gasteiger partial charge in [0.15, 0.2) is 0 Å².